The highest BCUT2D eigenvalue weighted by molar-refractivity contribution is 4.79. The van der Waals surface area contributed by atoms with Crippen molar-refractivity contribution in [2.45, 2.75) is 44.8 Å². The van der Waals surface area contributed by atoms with Crippen molar-refractivity contribution >= 4 is 0 Å². The van der Waals surface area contributed by atoms with Crippen molar-refractivity contribution in [3.05, 3.63) is 0 Å². The summed E-state index contributed by atoms with van der Waals surface area (Å²) < 4.78 is 0. The molecular formula is C8H17NO. The second-order valence-corrected chi connectivity index (χ2v) is 3.02. The molecule has 60 valence electrons. The summed E-state index contributed by atoms with van der Waals surface area (Å²) in [5, 5.41) is 12.7. The van der Waals surface area contributed by atoms with Crippen LogP contribution >= 0.6 is 0 Å². The molecule has 0 saturated heterocycles. The number of aliphatic hydroxyl groups is 1. The van der Waals surface area contributed by atoms with Crippen LogP contribution in [0.5, 0.6) is 0 Å². The summed E-state index contributed by atoms with van der Waals surface area (Å²) in [5.74, 6) is 0. The molecule has 10 heavy (non-hydrogen) atoms. The lowest BCUT2D eigenvalue weighted by atomic mass is 9.93. The molecule has 1 saturated carbocycles. The molecule has 2 heteroatoms. The summed E-state index contributed by atoms with van der Waals surface area (Å²) in [6, 6.07) is 0.374. The maximum Gasteiger partial charge on any atom is 0.0693 e. The fraction of sp³-hybridized carbons (Fsp3) is 1.00. The Balaban J connectivity index is 2.25. The van der Waals surface area contributed by atoms with E-state index in [1.807, 2.05) is 0 Å². The van der Waals surface area contributed by atoms with Gasteiger partial charge in [-0.15, -0.1) is 0 Å². The van der Waals surface area contributed by atoms with E-state index in [2.05, 4.69) is 12.2 Å². The Morgan fingerprint density at radius 2 is 2.10 bits per heavy atom. The van der Waals surface area contributed by atoms with Crippen LogP contribution in [-0.4, -0.2) is 23.8 Å². The van der Waals surface area contributed by atoms with E-state index < -0.39 is 0 Å². The molecule has 0 aromatic rings. The molecule has 0 bridgehead atoms. The number of aliphatic hydroxyl groups excluding tert-OH is 1. The van der Waals surface area contributed by atoms with Crippen LogP contribution in [0.1, 0.15) is 32.6 Å². The fourth-order valence-electron chi connectivity index (χ4n) is 1.61. The van der Waals surface area contributed by atoms with Crippen molar-refractivity contribution < 1.29 is 5.11 Å². The highest BCUT2D eigenvalue weighted by Crippen LogP contribution is 2.17. The van der Waals surface area contributed by atoms with Gasteiger partial charge in [0.25, 0.3) is 0 Å². The van der Waals surface area contributed by atoms with Gasteiger partial charge in [0.05, 0.1) is 6.10 Å². The Hall–Kier alpha value is -0.0800. The molecule has 2 nitrogen and oxygen atoms in total. The molecule has 1 rings (SSSR count). The average molecular weight is 143 g/mol. The molecular weight excluding hydrogens is 126 g/mol. The number of hydrogen-bond acceptors (Lipinski definition) is 2. The van der Waals surface area contributed by atoms with E-state index in [4.69, 9.17) is 0 Å². The lowest BCUT2D eigenvalue weighted by molar-refractivity contribution is 0.0920. The lowest BCUT2D eigenvalue weighted by Gasteiger charge is -2.27. The van der Waals surface area contributed by atoms with Gasteiger partial charge in [-0.3, -0.25) is 0 Å². The first kappa shape index (κ1) is 8.02. The van der Waals surface area contributed by atoms with E-state index in [1.165, 1.54) is 12.8 Å². The highest BCUT2D eigenvalue weighted by atomic mass is 16.3. The molecule has 0 amide bonds. The zero-order valence-electron chi connectivity index (χ0n) is 6.64. The summed E-state index contributed by atoms with van der Waals surface area (Å²) in [6.45, 7) is 3.06. The predicted molar refractivity (Wildman–Crippen MR) is 41.9 cm³/mol. The molecule has 0 heterocycles. The molecule has 1 aliphatic carbocycles. The normalized spacial score (nSPS) is 34.2. The second kappa shape index (κ2) is 3.94. The van der Waals surface area contributed by atoms with Gasteiger partial charge >= 0.3 is 0 Å². The second-order valence-electron chi connectivity index (χ2n) is 3.02. The minimum Gasteiger partial charge on any atom is -0.392 e. The van der Waals surface area contributed by atoms with E-state index >= 15 is 0 Å². The average Bonchev–Trinajstić information content (AvgIpc) is 1.94. The van der Waals surface area contributed by atoms with E-state index in [0.717, 1.165) is 19.4 Å². The van der Waals surface area contributed by atoms with Crippen molar-refractivity contribution in [1.82, 2.24) is 5.32 Å². The minimum absolute atomic E-state index is 0.0892. The molecule has 0 radical (unpaired) electrons. The van der Waals surface area contributed by atoms with Gasteiger partial charge in [0.15, 0.2) is 0 Å². The predicted octanol–water partition coefficient (Wildman–Crippen LogP) is 0.899. The van der Waals surface area contributed by atoms with Crippen LogP contribution in [0.3, 0.4) is 0 Å². The van der Waals surface area contributed by atoms with Gasteiger partial charge in [-0.1, -0.05) is 19.8 Å². The summed E-state index contributed by atoms with van der Waals surface area (Å²) >= 11 is 0. The van der Waals surface area contributed by atoms with Crippen LogP contribution < -0.4 is 5.32 Å². The van der Waals surface area contributed by atoms with Crippen molar-refractivity contribution in [2.75, 3.05) is 6.54 Å². The highest BCUT2D eigenvalue weighted by Gasteiger charge is 2.21. The summed E-state index contributed by atoms with van der Waals surface area (Å²) in [5.41, 5.74) is 0. The lowest BCUT2D eigenvalue weighted by Crippen LogP contribution is -2.41. The fourth-order valence-corrected chi connectivity index (χ4v) is 1.61. The smallest absolute Gasteiger partial charge is 0.0693 e. The van der Waals surface area contributed by atoms with Crippen LogP contribution in [0.4, 0.5) is 0 Å². The third kappa shape index (κ3) is 1.96. The zero-order valence-corrected chi connectivity index (χ0v) is 6.64. The number of nitrogens with one attached hydrogen (secondary N) is 1. The Kier molecular flexibility index (Phi) is 3.16. The first-order valence-electron chi connectivity index (χ1n) is 4.26. The standard InChI is InChI=1S/C8H17NO/c1-2-9-7-5-3-4-6-8(7)10/h7-10H,2-6H2,1H3/t7-,8+/m0/s1. The quantitative estimate of drug-likeness (QED) is 0.602. The van der Waals surface area contributed by atoms with Crippen molar-refractivity contribution in [3.63, 3.8) is 0 Å². The van der Waals surface area contributed by atoms with Crippen LogP contribution in [0.2, 0.25) is 0 Å². The summed E-state index contributed by atoms with van der Waals surface area (Å²) in [7, 11) is 0. The van der Waals surface area contributed by atoms with E-state index in [9.17, 15) is 5.11 Å². The molecule has 0 spiro atoms. The third-order valence-corrected chi connectivity index (χ3v) is 2.20. The van der Waals surface area contributed by atoms with Gasteiger partial charge in [-0.05, 0) is 19.4 Å². The Morgan fingerprint density at radius 3 is 2.70 bits per heavy atom. The van der Waals surface area contributed by atoms with E-state index in [0.29, 0.717) is 6.04 Å². The van der Waals surface area contributed by atoms with Gasteiger partial charge in [-0.25, -0.2) is 0 Å². The van der Waals surface area contributed by atoms with E-state index in [1.54, 1.807) is 0 Å². The Labute approximate surface area is 62.6 Å². The summed E-state index contributed by atoms with van der Waals surface area (Å²) in [4.78, 5) is 0. The molecule has 1 fully saturated rings. The van der Waals surface area contributed by atoms with Crippen LogP contribution in [0, 0.1) is 0 Å². The zero-order chi connectivity index (χ0) is 7.40. The van der Waals surface area contributed by atoms with E-state index in [-0.39, 0.29) is 6.10 Å². The molecule has 0 aliphatic heterocycles. The first-order valence-corrected chi connectivity index (χ1v) is 4.26. The summed E-state index contributed by atoms with van der Waals surface area (Å²) in [6.07, 6.45) is 4.51. The molecule has 0 aromatic heterocycles. The van der Waals surface area contributed by atoms with Gasteiger partial charge in [0.2, 0.25) is 0 Å². The van der Waals surface area contributed by atoms with Gasteiger partial charge in [0, 0.05) is 6.04 Å². The number of likely N-dealkylation sites (N-methyl/N-ethyl adjacent to an activating group) is 1. The van der Waals surface area contributed by atoms with Gasteiger partial charge < -0.3 is 10.4 Å². The van der Waals surface area contributed by atoms with Crippen LogP contribution in [0.15, 0.2) is 0 Å². The SMILES string of the molecule is CCN[C@H]1CCCC[C@H]1O. The van der Waals surface area contributed by atoms with Crippen molar-refractivity contribution in [2.24, 2.45) is 0 Å². The Bertz CT molecular complexity index is 93.3. The maximum absolute atomic E-state index is 9.44. The number of hydrogen-bond donors (Lipinski definition) is 2. The maximum atomic E-state index is 9.44. The first-order chi connectivity index (χ1) is 4.84. The molecule has 2 atom stereocenters. The van der Waals surface area contributed by atoms with Crippen molar-refractivity contribution in [1.29, 1.82) is 0 Å². The minimum atomic E-state index is -0.0892. The third-order valence-electron chi connectivity index (χ3n) is 2.20. The molecule has 2 N–H and O–H groups in total. The van der Waals surface area contributed by atoms with Gasteiger partial charge in [-0.2, -0.15) is 0 Å². The van der Waals surface area contributed by atoms with Crippen LogP contribution in [0.25, 0.3) is 0 Å². The molecule has 1 aliphatic rings. The topological polar surface area (TPSA) is 32.3 Å². The van der Waals surface area contributed by atoms with Gasteiger partial charge in [0.1, 0.15) is 0 Å². The number of rotatable bonds is 2. The molecule has 0 unspecified atom stereocenters. The molecule has 0 aromatic carbocycles. The Morgan fingerprint density at radius 1 is 1.40 bits per heavy atom. The van der Waals surface area contributed by atoms with Crippen molar-refractivity contribution in [3.8, 4) is 0 Å². The van der Waals surface area contributed by atoms with Crippen LogP contribution in [-0.2, 0) is 0 Å². The monoisotopic (exact) mass is 143 g/mol. The largest absolute Gasteiger partial charge is 0.392 e.